The highest BCUT2D eigenvalue weighted by atomic mass is 16.5. The zero-order valence-electron chi connectivity index (χ0n) is 14.7. The number of hydrogen-bond acceptors (Lipinski definition) is 3. The second-order valence-electron chi connectivity index (χ2n) is 6.40. The van der Waals surface area contributed by atoms with Crippen molar-refractivity contribution < 1.29 is 19.4 Å². The van der Waals surface area contributed by atoms with Gasteiger partial charge in [0.15, 0.2) is 0 Å². The summed E-state index contributed by atoms with van der Waals surface area (Å²) in [7, 11) is 1.65. The van der Waals surface area contributed by atoms with Gasteiger partial charge in [0.05, 0.1) is 18.3 Å². The van der Waals surface area contributed by atoms with Crippen LogP contribution >= 0.6 is 0 Å². The van der Waals surface area contributed by atoms with E-state index in [1.165, 1.54) is 0 Å². The lowest BCUT2D eigenvalue weighted by molar-refractivity contribution is -0.132. The largest absolute Gasteiger partial charge is 0.497 e. The van der Waals surface area contributed by atoms with E-state index in [0.717, 1.165) is 33.2 Å². The summed E-state index contributed by atoms with van der Waals surface area (Å²) in [5.41, 5.74) is 3.76. The van der Waals surface area contributed by atoms with E-state index in [1.807, 2.05) is 42.5 Å². The van der Waals surface area contributed by atoms with Crippen molar-refractivity contribution in [2.24, 2.45) is 0 Å². The summed E-state index contributed by atoms with van der Waals surface area (Å²) in [6.45, 7) is 0. The molecule has 4 nitrogen and oxygen atoms in total. The van der Waals surface area contributed by atoms with Gasteiger partial charge in [-0.2, -0.15) is 0 Å². The van der Waals surface area contributed by atoms with Crippen LogP contribution in [0.15, 0.2) is 66.2 Å². The highest BCUT2D eigenvalue weighted by Crippen LogP contribution is 2.34. The molecule has 0 heterocycles. The molecule has 0 saturated carbocycles. The van der Waals surface area contributed by atoms with Gasteiger partial charge in [0, 0.05) is 0 Å². The minimum atomic E-state index is -1.10. The van der Waals surface area contributed by atoms with Gasteiger partial charge in [-0.25, -0.2) is 9.59 Å². The monoisotopic (exact) mass is 356 g/mol. The fraction of sp³-hybridized carbons (Fsp3) is 0.0870. The first-order valence-electron chi connectivity index (χ1n) is 8.51. The summed E-state index contributed by atoms with van der Waals surface area (Å²) in [4.78, 5) is 22.6. The Labute approximate surface area is 156 Å². The van der Waals surface area contributed by atoms with Crippen LogP contribution < -0.4 is 4.74 Å². The van der Waals surface area contributed by atoms with Crippen LogP contribution in [0.4, 0.5) is 0 Å². The Morgan fingerprint density at radius 3 is 2.44 bits per heavy atom. The van der Waals surface area contributed by atoms with Crippen LogP contribution in [0.5, 0.6) is 5.75 Å². The average Bonchev–Trinajstić information content (AvgIpc) is 2.71. The summed E-state index contributed by atoms with van der Waals surface area (Å²) in [6, 6.07) is 17.9. The van der Waals surface area contributed by atoms with E-state index < -0.39 is 5.97 Å². The zero-order valence-corrected chi connectivity index (χ0v) is 14.7. The Balaban J connectivity index is 1.77. The molecule has 0 aromatic heterocycles. The molecule has 0 bridgehead atoms. The first-order valence-corrected chi connectivity index (χ1v) is 8.51. The van der Waals surface area contributed by atoms with E-state index >= 15 is 0 Å². The molecule has 0 atom stereocenters. The number of aliphatic carboxylic acids is 1. The smallest absolute Gasteiger partial charge is 0.336 e. The molecule has 3 aromatic carbocycles. The molecule has 132 valence electrons. The van der Waals surface area contributed by atoms with Crippen molar-refractivity contribution in [3.05, 3.63) is 77.4 Å². The van der Waals surface area contributed by atoms with Crippen molar-refractivity contribution in [3.8, 4) is 16.9 Å². The Morgan fingerprint density at radius 2 is 1.70 bits per heavy atom. The van der Waals surface area contributed by atoms with Crippen molar-refractivity contribution in [1.29, 1.82) is 0 Å². The molecule has 3 aromatic rings. The SMILES string of the molecule is COc1ccc2cc(-c3ccc4c(c3)CC=C(C(=O)O)C4=C=O)ccc2c1. The predicted octanol–water partition coefficient (Wildman–Crippen LogP) is 4.30. The topological polar surface area (TPSA) is 63.6 Å². The molecular formula is C23H16O4. The fourth-order valence-corrected chi connectivity index (χ4v) is 3.48. The number of allylic oxidation sites excluding steroid dienone is 1. The lowest BCUT2D eigenvalue weighted by atomic mass is 9.85. The van der Waals surface area contributed by atoms with Gasteiger partial charge in [-0.1, -0.05) is 42.5 Å². The molecule has 1 N–H and O–H groups in total. The van der Waals surface area contributed by atoms with Crippen molar-refractivity contribution in [1.82, 2.24) is 0 Å². The molecule has 4 rings (SSSR count). The van der Waals surface area contributed by atoms with Crippen LogP contribution in [-0.4, -0.2) is 24.1 Å². The molecule has 0 aliphatic heterocycles. The second kappa shape index (κ2) is 6.60. The summed E-state index contributed by atoms with van der Waals surface area (Å²) < 4.78 is 5.26. The summed E-state index contributed by atoms with van der Waals surface area (Å²) in [5, 5.41) is 11.5. The first-order chi connectivity index (χ1) is 13.1. The molecule has 0 radical (unpaired) electrons. The van der Waals surface area contributed by atoms with E-state index in [9.17, 15) is 14.7 Å². The fourth-order valence-electron chi connectivity index (χ4n) is 3.48. The van der Waals surface area contributed by atoms with Gasteiger partial charge in [0.1, 0.15) is 11.7 Å². The lowest BCUT2D eigenvalue weighted by Gasteiger charge is -2.17. The van der Waals surface area contributed by atoms with Gasteiger partial charge in [-0.3, -0.25) is 0 Å². The van der Waals surface area contributed by atoms with Gasteiger partial charge in [-0.15, -0.1) is 0 Å². The van der Waals surface area contributed by atoms with E-state index in [1.54, 1.807) is 25.2 Å². The Hall–Kier alpha value is -3.62. The normalized spacial score (nSPS) is 12.9. The van der Waals surface area contributed by atoms with Crippen LogP contribution in [0, 0.1) is 0 Å². The number of fused-ring (bicyclic) bond motifs is 2. The molecule has 0 fully saturated rings. The maximum absolute atomic E-state index is 11.3. The Kier molecular flexibility index (Phi) is 4.11. The number of benzene rings is 3. The third-order valence-corrected chi connectivity index (χ3v) is 4.88. The van der Waals surface area contributed by atoms with Gasteiger partial charge in [-0.05, 0) is 57.6 Å². The molecule has 0 unspecified atom stereocenters. The number of ether oxygens (including phenoxy) is 1. The Bertz CT molecular complexity index is 1160. The maximum Gasteiger partial charge on any atom is 0.336 e. The quantitative estimate of drug-likeness (QED) is 0.711. The molecule has 0 spiro atoms. The molecule has 1 aliphatic carbocycles. The molecule has 27 heavy (non-hydrogen) atoms. The van der Waals surface area contributed by atoms with E-state index in [2.05, 4.69) is 6.07 Å². The zero-order chi connectivity index (χ0) is 19.0. The van der Waals surface area contributed by atoms with Crippen molar-refractivity contribution in [2.75, 3.05) is 7.11 Å². The first kappa shape index (κ1) is 16.8. The second-order valence-corrected chi connectivity index (χ2v) is 6.40. The summed E-state index contributed by atoms with van der Waals surface area (Å²) in [5.74, 6) is 1.51. The summed E-state index contributed by atoms with van der Waals surface area (Å²) in [6.07, 6.45) is 2.04. The van der Waals surface area contributed by atoms with Gasteiger partial charge >= 0.3 is 5.97 Å². The van der Waals surface area contributed by atoms with E-state index in [4.69, 9.17) is 4.74 Å². The lowest BCUT2D eigenvalue weighted by Crippen LogP contribution is -2.10. The number of carboxylic acids is 1. The van der Waals surface area contributed by atoms with Crippen molar-refractivity contribution in [3.63, 3.8) is 0 Å². The third-order valence-electron chi connectivity index (χ3n) is 4.88. The molecule has 4 heteroatoms. The van der Waals surface area contributed by atoms with E-state index in [0.29, 0.717) is 12.0 Å². The molecular weight excluding hydrogens is 340 g/mol. The predicted molar refractivity (Wildman–Crippen MR) is 104 cm³/mol. The van der Waals surface area contributed by atoms with Gasteiger partial charge in [0.2, 0.25) is 0 Å². The van der Waals surface area contributed by atoms with E-state index in [-0.39, 0.29) is 11.1 Å². The Morgan fingerprint density at radius 1 is 1.00 bits per heavy atom. The van der Waals surface area contributed by atoms with Crippen LogP contribution in [0.2, 0.25) is 0 Å². The highest BCUT2D eigenvalue weighted by Gasteiger charge is 2.23. The third kappa shape index (κ3) is 2.92. The minimum Gasteiger partial charge on any atom is -0.497 e. The average molecular weight is 356 g/mol. The number of carbonyl (C=O) groups is 1. The molecule has 0 saturated heterocycles. The number of rotatable bonds is 3. The van der Waals surface area contributed by atoms with Crippen molar-refractivity contribution >= 4 is 28.3 Å². The number of hydrogen-bond donors (Lipinski definition) is 1. The maximum atomic E-state index is 11.3. The number of methoxy groups -OCH3 is 1. The number of carbonyl (C=O) groups excluding carboxylic acids is 1. The standard InChI is InChI=1S/C23H16O4/c1-27-19-7-4-15-10-14(2-3-17(15)12-19)16-5-8-20-18(11-16)6-9-21(23(25)26)22(20)13-24/h2-5,7-12H,6H2,1H3,(H,25,26). The van der Waals surface area contributed by atoms with Crippen LogP contribution in [0.25, 0.3) is 27.5 Å². The molecule has 1 aliphatic rings. The van der Waals surface area contributed by atoms with Gasteiger partial charge < -0.3 is 9.84 Å². The van der Waals surface area contributed by atoms with Crippen LogP contribution in [0.1, 0.15) is 11.1 Å². The van der Waals surface area contributed by atoms with Crippen LogP contribution in [0.3, 0.4) is 0 Å². The van der Waals surface area contributed by atoms with Crippen LogP contribution in [-0.2, 0) is 16.0 Å². The van der Waals surface area contributed by atoms with Gasteiger partial charge in [0.25, 0.3) is 0 Å². The van der Waals surface area contributed by atoms with Crippen molar-refractivity contribution in [2.45, 2.75) is 6.42 Å². The highest BCUT2D eigenvalue weighted by molar-refractivity contribution is 6.14. The molecule has 0 amide bonds. The summed E-state index contributed by atoms with van der Waals surface area (Å²) >= 11 is 0. The number of carboxylic acid groups (broad SMARTS) is 1. The minimum absolute atomic E-state index is 0.0184.